The minimum atomic E-state index is -0.0456. The molecule has 1 amide bonds. The van der Waals surface area contributed by atoms with Crippen LogP contribution in [0.3, 0.4) is 0 Å². The number of hydrogen-bond donors (Lipinski definition) is 0. The highest BCUT2D eigenvalue weighted by molar-refractivity contribution is 5.94. The van der Waals surface area contributed by atoms with Gasteiger partial charge in [0.2, 0.25) is 0 Å². The second-order valence-electron chi connectivity index (χ2n) is 7.50. The molecule has 4 rings (SSSR count). The van der Waals surface area contributed by atoms with Crippen molar-refractivity contribution < 1.29 is 14.3 Å². The van der Waals surface area contributed by atoms with Crippen LogP contribution in [0.4, 0.5) is 0 Å². The molecule has 7 heteroatoms. The van der Waals surface area contributed by atoms with E-state index >= 15 is 0 Å². The summed E-state index contributed by atoms with van der Waals surface area (Å²) in [6.45, 7) is 5.12. The Balaban J connectivity index is 1.77. The van der Waals surface area contributed by atoms with Crippen LogP contribution in [-0.2, 0) is 11.8 Å². The number of aromatic nitrogens is 3. The fourth-order valence-corrected chi connectivity index (χ4v) is 3.81. The molecule has 0 aliphatic carbocycles. The predicted octanol–water partition coefficient (Wildman–Crippen LogP) is 3.14. The molecule has 0 radical (unpaired) electrons. The number of methoxy groups -OCH3 is 1. The summed E-state index contributed by atoms with van der Waals surface area (Å²) in [5, 5.41) is 4.77. The average Bonchev–Trinajstić information content (AvgIpc) is 3.33. The maximum Gasteiger partial charge on any atom is 0.272 e. The van der Waals surface area contributed by atoms with E-state index in [9.17, 15) is 4.79 Å². The minimum Gasteiger partial charge on any atom is -0.497 e. The summed E-state index contributed by atoms with van der Waals surface area (Å²) in [5.41, 5.74) is 3.05. The van der Waals surface area contributed by atoms with E-state index in [-0.39, 0.29) is 18.1 Å². The molecule has 0 spiro atoms. The molecule has 29 heavy (non-hydrogen) atoms. The SMILES string of the molecule is COc1ccc(-n2nc(-c3cccn3C)cc2C(=O)N2CC(C)OC(C)C2)cc1. The van der Waals surface area contributed by atoms with E-state index < -0.39 is 0 Å². The molecule has 3 heterocycles. The summed E-state index contributed by atoms with van der Waals surface area (Å²) in [4.78, 5) is 15.3. The lowest BCUT2D eigenvalue weighted by Gasteiger charge is -2.35. The van der Waals surface area contributed by atoms with Gasteiger partial charge in [0.1, 0.15) is 17.1 Å². The van der Waals surface area contributed by atoms with Gasteiger partial charge in [0.25, 0.3) is 5.91 Å². The van der Waals surface area contributed by atoms with Gasteiger partial charge in [-0.2, -0.15) is 5.10 Å². The summed E-state index contributed by atoms with van der Waals surface area (Å²) in [6, 6.07) is 13.4. The number of hydrogen-bond acceptors (Lipinski definition) is 4. The molecule has 1 fully saturated rings. The zero-order valence-corrected chi connectivity index (χ0v) is 17.2. The van der Waals surface area contributed by atoms with Gasteiger partial charge in [-0.25, -0.2) is 4.68 Å². The molecule has 0 N–H and O–H groups in total. The second kappa shape index (κ2) is 7.75. The zero-order valence-electron chi connectivity index (χ0n) is 17.2. The van der Waals surface area contributed by atoms with Gasteiger partial charge in [-0.1, -0.05) is 0 Å². The first-order valence-corrected chi connectivity index (χ1v) is 9.77. The average molecular weight is 394 g/mol. The summed E-state index contributed by atoms with van der Waals surface area (Å²) in [5.74, 6) is 0.711. The zero-order chi connectivity index (χ0) is 20.5. The van der Waals surface area contributed by atoms with Gasteiger partial charge < -0.3 is 18.9 Å². The van der Waals surface area contributed by atoms with Crippen molar-refractivity contribution in [2.24, 2.45) is 7.05 Å². The Morgan fingerprint density at radius 1 is 1.14 bits per heavy atom. The van der Waals surface area contributed by atoms with Gasteiger partial charge in [-0.3, -0.25) is 4.79 Å². The molecule has 7 nitrogen and oxygen atoms in total. The van der Waals surface area contributed by atoms with E-state index in [1.807, 2.05) is 79.0 Å². The number of rotatable bonds is 4. The Morgan fingerprint density at radius 2 is 1.83 bits per heavy atom. The van der Waals surface area contributed by atoms with Crippen LogP contribution in [-0.4, -0.2) is 57.6 Å². The molecule has 1 aromatic carbocycles. The van der Waals surface area contributed by atoms with Crippen molar-refractivity contribution in [3.8, 4) is 22.8 Å². The van der Waals surface area contributed by atoms with Crippen LogP contribution in [0.2, 0.25) is 0 Å². The van der Waals surface area contributed by atoms with Crippen LogP contribution in [0.5, 0.6) is 5.75 Å². The van der Waals surface area contributed by atoms with E-state index in [0.717, 1.165) is 22.8 Å². The Morgan fingerprint density at radius 3 is 2.41 bits per heavy atom. The Kier molecular flexibility index (Phi) is 5.15. The summed E-state index contributed by atoms with van der Waals surface area (Å²) in [7, 11) is 3.60. The number of amides is 1. The van der Waals surface area contributed by atoms with Crippen molar-refractivity contribution in [3.05, 3.63) is 54.4 Å². The van der Waals surface area contributed by atoms with Crippen molar-refractivity contribution in [2.75, 3.05) is 20.2 Å². The van der Waals surface area contributed by atoms with Gasteiger partial charge in [-0.15, -0.1) is 0 Å². The van der Waals surface area contributed by atoms with E-state index in [1.54, 1.807) is 11.8 Å². The molecule has 0 bridgehead atoms. The Hall–Kier alpha value is -3.06. The second-order valence-corrected chi connectivity index (χ2v) is 7.50. The highest BCUT2D eigenvalue weighted by Crippen LogP contribution is 2.25. The number of benzene rings is 1. The quantitative estimate of drug-likeness (QED) is 0.682. The number of carbonyl (C=O) groups is 1. The largest absolute Gasteiger partial charge is 0.497 e. The van der Waals surface area contributed by atoms with Gasteiger partial charge in [0.15, 0.2) is 0 Å². The topological polar surface area (TPSA) is 61.5 Å². The van der Waals surface area contributed by atoms with E-state index in [4.69, 9.17) is 14.6 Å². The molecular weight excluding hydrogens is 368 g/mol. The van der Waals surface area contributed by atoms with Crippen LogP contribution < -0.4 is 4.74 Å². The minimum absolute atomic E-state index is 0.00685. The fourth-order valence-electron chi connectivity index (χ4n) is 3.81. The Bertz CT molecular complexity index is 995. The summed E-state index contributed by atoms with van der Waals surface area (Å²) in [6.07, 6.45) is 1.98. The van der Waals surface area contributed by atoms with Crippen LogP contribution in [0.25, 0.3) is 17.1 Å². The van der Waals surface area contributed by atoms with Gasteiger partial charge in [0, 0.05) is 26.3 Å². The standard InChI is InChI=1S/C22H26N4O3/c1-15-13-25(14-16(2)29-15)22(27)21-12-19(20-6-5-11-24(20)3)23-26(21)17-7-9-18(28-4)10-8-17/h5-12,15-16H,13-14H2,1-4H3. The van der Waals surface area contributed by atoms with E-state index in [1.165, 1.54) is 0 Å². The normalized spacial score (nSPS) is 19.4. The lowest BCUT2D eigenvalue weighted by Crippen LogP contribution is -2.48. The van der Waals surface area contributed by atoms with Crippen molar-refractivity contribution in [1.29, 1.82) is 0 Å². The van der Waals surface area contributed by atoms with Gasteiger partial charge >= 0.3 is 0 Å². The molecule has 2 atom stereocenters. The van der Waals surface area contributed by atoms with Gasteiger partial charge in [0.05, 0.1) is 30.7 Å². The van der Waals surface area contributed by atoms with Gasteiger partial charge in [-0.05, 0) is 56.3 Å². The monoisotopic (exact) mass is 394 g/mol. The summed E-state index contributed by atoms with van der Waals surface area (Å²) >= 11 is 0. The van der Waals surface area contributed by atoms with Crippen molar-refractivity contribution in [1.82, 2.24) is 19.2 Å². The molecule has 1 aliphatic rings. The van der Waals surface area contributed by atoms with Crippen LogP contribution in [0, 0.1) is 0 Å². The summed E-state index contributed by atoms with van der Waals surface area (Å²) < 4.78 is 14.8. The van der Waals surface area contributed by atoms with Crippen molar-refractivity contribution >= 4 is 5.91 Å². The third kappa shape index (κ3) is 3.78. The maximum atomic E-state index is 13.5. The van der Waals surface area contributed by atoms with Crippen molar-refractivity contribution in [2.45, 2.75) is 26.1 Å². The van der Waals surface area contributed by atoms with Crippen LogP contribution in [0.1, 0.15) is 24.3 Å². The Labute approximate surface area is 170 Å². The third-order valence-corrected chi connectivity index (χ3v) is 5.16. The number of nitrogens with zero attached hydrogens (tertiary/aromatic N) is 4. The van der Waals surface area contributed by atoms with E-state index in [0.29, 0.717) is 18.8 Å². The first-order chi connectivity index (χ1) is 14.0. The number of morpholine rings is 1. The lowest BCUT2D eigenvalue weighted by atomic mass is 10.2. The first-order valence-electron chi connectivity index (χ1n) is 9.77. The van der Waals surface area contributed by atoms with Crippen LogP contribution >= 0.6 is 0 Å². The predicted molar refractivity (Wildman–Crippen MR) is 110 cm³/mol. The smallest absolute Gasteiger partial charge is 0.272 e. The third-order valence-electron chi connectivity index (χ3n) is 5.16. The number of carbonyl (C=O) groups excluding carboxylic acids is 1. The molecule has 1 aliphatic heterocycles. The molecule has 3 aromatic rings. The molecular formula is C22H26N4O3. The maximum absolute atomic E-state index is 13.5. The highest BCUT2D eigenvalue weighted by atomic mass is 16.5. The molecule has 1 saturated heterocycles. The molecule has 2 unspecified atom stereocenters. The number of ether oxygens (including phenoxy) is 2. The van der Waals surface area contributed by atoms with Crippen molar-refractivity contribution in [3.63, 3.8) is 0 Å². The van der Waals surface area contributed by atoms with E-state index in [2.05, 4.69) is 0 Å². The highest BCUT2D eigenvalue weighted by Gasteiger charge is 2.29. The molecule has 152 valence electrons. The number of aryl methyl sites for hydroxylation is 1. The first kappa shape index (κ1) is 19.3. The van der Waals surface area contributed by atoms with Crippen LogP contribution in [0.15, 0.2) is 48.7 Å². The molecule has 0 saturated carbocycles. The lowest BCUT2D eigenvalue weighted by molar-refractivity contribution is -0.0588. The fraction of sp³-hybridized carbons (Fsp3) is 0.364. The molecule has 2 aromatic heterocycles.